The highest BCUT2D eigenvalue weighted by molar-refractivity contribution is 5.78. The second-order valence-corrected chi connectivity index (χ2v) is 7.38. The predicted octanol–water partition coefficient (Wildman–Crippen LogP) is 3.50. The maximum Gasteiger partial charge on any atom is 0.410 e. The second-order valence-electron chi connectivity index (χ2n) is 7.38. The molecule has 0 radical (unpaired) electrons. The van der Waals surface area contributed by atoms with Crippen molar-refractivity contribution in [3.8, 4) is 0 Å². The summed E-state index contributed by atoms with van der Waals surface area (Å²) in [5, 5.41) is 9.78. The van der Waals surface area contributed by atoms with E-state index in [1.165, 1.54) is 4.90 Å². The van der Waals surface area contributed by atoms with Gasteiger partial charge in [0.25, 0.3) is 0 Å². The molecule has 1 saturated heterocycles. The van der Waals surface area contributed by atoms with Gasteiger partial charge in [0.15, 0.2) is 0 Å². The molecule has 5 nitrogen and oxygen atoms in total. The van der Waals surface area contributed by atoms with Crippen LogP contribution >= 0.6 is 0 Å². The van der Waals surface area contributed by atoms with Crippen LogP contribution in [0.25, 0.3) is 0 Å². The van der Waals surface area contributed by atoms with Crippen LogP contribution in [0.1, 0.15) is 45.6 Å². The van der Waals surface area contributed by atoms with Crippen molar-refractivity contribution in [1.82, 2.24) is 4.90 Å². The number of nitrogens with zero attached hydrogens (tertiary/aromatic N) is 1. The van der Waals surface area contributed by atoms with Crippen LogP contribution in [0.15, 0.2) is 30.3 Å². The summed E-state index contributed by atoms with van der Waals surface area (Å²) in [5.74, 6) is -1.01. The summed E-state index contributed by atoms with van der Waals surface area (Å²) in [6, 6.07) is 9.65. The number of hydrogen-bond donors (Lipinski definition) is 1. The lowest BCUT2D eigenvalue weighted by Gasteiger charge is -2.43. The van der Waals surface area contributed by atoms with Crippen LogP contribution in [0, 0.1) is 5.41 Å². The molecular weight excluding hydrogens is 294 g/mol. The van der Waals surface area contributed by atoms with Gasteiger partial charge in [0.1, 0.15) is 5.60 Å². The van der Waals surface area contributed by atoms with Gasteiger partial charge in [-0.05, 0) is 39.7 Å². The number of hydrogen-bond acceptors (Lipinski definition) is 3. The maximum atomic E-state index is 12.3. The first-order valence-corrected chi connectivity index (χ1v) is 7.90. The van der Waals surface area contributed by atoms with Crippen molar-refractivity contribution >= 4 is 12.1 Å². The number of ether oxygens (including phenoxy) is 1. The second kappa shape index (κ2) is 6.22. The van der Waals surface area contributed by atoms with Gasteiger partial charge in [-0.2, -0.15) is 0 Å². The minimum absolute atomic E-state index is 0.125. The largest absolute Gasteiger partial charge is 0.481 e. The van der Waals surface area contributed by atoms with Crippen LogP contribution < -0.4 is 0 Å². The first-order chi connectivity index (χ1) is 10.6. The molecule has 23 heavy (non-hydrogen) atoms. The van der Waals surface area contributed by atoms with E-state index in [0.29, 0.717) is 13.0 Å². The Morgan fingerprint density at radius 2 is 1.87 bits per heavy atom. The average molecular weight is 319 g/mol. The third kappa shape index (κ3) is 3.84. The van der Waals surface area contributed by atoms with Gasteiger partial charge in [0, 0.05) is 19.0 Å². The molecule has 126 valence electrons. The fourth-order valence-corrected chi connectivity index (χ4v) is 3.11. The van der Waals surface area contributed by atoms with Crippen LogP contribution in [0.3, 0.4) is 0 Å². The fourth-order valence-electron chi connectivity index (χ4n) is 3.11. The normalized spacial score (nSPS) is 25.0. The number of carboxylic acids is 1. The lowest BCUT2D eigenvalue weighted by molar-refractivity contribution is -0.152. The summed E-state index contributed by atoms with van der Waals surface area (Å²) in [6.45, 7) is 7.77. The lowest BCUT2D eigenvalue weighted by Crippen LogP contribution is -2.53. The first-order valence-electron chi connectivity index (χ1n) is 7.90. The van der Waals surface area contributed by atoms with Crippen molar-refractivity contribution in [3.63, 3.8) is 0 Å². The number of piperidine rings is 1. The number of carbonyl (C=O) groups excluding carboxylic acids is 1. The number of aliphatic carboxylic acids is 1. The molecule has 0 aromatic heterocycles. The van der Waals surface area contributed by atoms with Gasteiger partial charge in [0.2, 0.25) is 0 Å². The zero-order valence-electron chi connectivity index (χ0n) is 14.2. The van der Waals surface area contributed by atoms with Gasteiger partial charge in [-0.3, -0.25) is 4.79 Å². The van der Waals surface area contributed by atoms with Crippen molar-refractivity contribution in [2.75, 3.05) is 13.1 Å². The smallest absolute Gasteiger partial charge is 0.410 e. The Hall–Kier alpha value is -2.04. The van der Waals surface area contributed by atoms with Crippen LogP contribution in [-0.4, -0.2) is 40.8 Å². The Morgan fingerprint density at radius 3 is 2.39 bits per heavy atom. The van der Waals surface area contributed by atoms with E-state index in [0.717, 1.165) is 5.56 Å². The van der Waals surface area contributed by atoms with Crippen molar-refractivity contribution in [1.29, 1.82) is 0 Å². The van der Waals surface area contributed by atoms with E-state index in [4.69, 9.17) is 4.74 Å². The first kappa shape index (κ1) is 17.3. The van der Waals surface area contributed by atoms with E-state index < -0.39 is 23.1 Å². The Bertz CT molecular complexity index is 578. The molecule has 1 N–H and O–H groups in total. The fraction of sp³-hybridized carbons (Fsp3) is 0.556. The minimum atomic E-state index is -1.03. The van der Waals surface area contributed by atoms with Crippen molar-refractivity contribution in [2.45, 2.75) is 45.6 Å². The molecule has 2 atom stereocenters. The molecular formula is C18H25NO4. The molecule has 0 aliphatic carbocycles. The Kier molecular flexibility index (Phi) is 4.68. The number of benzene rings is 1. The average Bonchev–Trinajstić information content (AvgIpc) is 2.46. The van der Waals surface area contributed by atoms with Gasteiger partial charge in [-0.15, -0.1) is 0 Å². The van der Waals surface area contributed by atoms with Gasteiger partial charge >= 0.3 is 12.1 Å². The van der Waals surface area contributed by atoms with Crippen molar-refractivity contribution in [2.24, 2.45) is 5.41 Å². The zero-order chi connectivity index (χ0) is 17.3. The maximum absolute atomic E-state index is 12.3. The van der Waals surface area contributed by atoms with E-state index in [2.05, 4.69) is 0 Å². The number of rotatable bonds is 2. The summed E-state index contributed by atoms with van der Waals surface area (Å²) in [7, 11) is 0. The summed E-state index contributed by atoms with van der Waals surface area (Å²) < 4.78 is 5.39. The Morgan fingerprint density at radius 1 is 1.26 bits per heavy atom. The van der Waals surface area contributed by atoms with E-state index in [1.54, 1.807) is 27.7 Å². The molecule has 1 amide bonds. The van der Waals surface area contributed by atoms with Crippen molar-refractivity contribution < 1.29 is 19.4 Å². The van der Waals surface area contributed by atoms with Gasteiger partial charge in [-0.25, -0.2) is 4.79 Å². The molecule has 1 aliphatic heterocycles. The van der Waals surface area contributed by atoms with E-state index in [-0.39, 0.29) is 12.5 Å². The molecule has 1 aromatic rings. The van der Waals surface area contributed by atoms with Crippen LogP contribution in [-0.2, 0) is 9.53 Å². The number of carbonyl (C=O) groups is 2. The monoisotopic (exact) mass is 319 g/mol. The quantitative estimate of drug-likeness (QED) is 0.906. The van der Waals surface area contributed by atoms with E-state index in [9.17, 15) is 14.7 Å². The Labute approximate surface area is 137 Å². The topological polar surface area (TPSA) is 66.8 Å². The third-order valence-corrected chi connectivity index (χ3v) is 4.32. The van der Waals surface area contributed by atoms with Gasteiger partial charge in [0.05, 0.1) is 5.41 Å². The van der Waals surface area contributed by atoms with Crippen molar-refractivity contribution in [3.05, 3.63) is 35.9 Å². The van der Waals surface area contributed by atoms with E-state index >= 15 is 0 Å². The molecule has 1 fully saturated rings. The van der Waals surface area contributed by atoms with Gasteiger partial charge in [-0.1, -0.05) is 30.3 Å². The van der Waals surface area contributed by atoms with Crippen LogP contribution in [0.5, 0.6) is 0 Å². The standard InChI is InChI=1S/C18H25NO4/c1-17(2,3)23-16(22)19-11-10-14(13-8-6-5-7-9-13)18(4,12-19)15(20)21/h5-9,14H,10-12H2,1-4H3,(H,20,21)/t14-,18+/m1/s1. The number of amides is 1. The molecule has 1 aliphatic rings. The molecule has 2 rings (SSSR count). The number of carboxylic acid groups (broad SMARTS) is 1. The highest BCUT2D eigenvalue weighted by Crippen LogP contribution is 2.43. The highest BCUT2D eigenvalue weighted by Gasteiger charge is 2.48. The van der Waals surface area contributed by atoms with Gasteiger partial charge < -0.3 is 14.7 Å². The van der Waals surface area contributed by atoms with Crippen LogP contribution in [0.4, 0.5) is 4.79 Å². The Balaban J connectivity index is 2.23. The lowest BCUT2D eigenvalue weighted by atomic mass is 9.69. The molecule has 1 aromatic carbocycles. The van der Waals surface area contributed by atoms with Crippen LogP contribution in [0.2, 0.25) is 0 Å². The summed E-state index contributed by atoms with van der Waals surface area (Å²) in [6.07, 6.45) is 0.156. The highest BCUT2D eigenvalue weighted by atomic mass is 16.6. The SMILES string of the molecule is CC(C)(C)OC(=O)N1CC[C@H](c2ccccc2)[C@@](C)(C(=O)O)C1. The molecule has 0 saturated carbocycles. The zero-order valence-corrected chi connectivity index (χ0v) is 14.2. The molecule has 5 heteroatoms. The van der Waals surface area contributed by atoms with E-state index in [1.807, 2.05) is 30.3 Å². The molecule has 0 unspecified atom stereocenters. The number of likely N-dealkylation sites (tertiary alicyclic amines) is 1. The molecule has 0 spiro atoms. The predicted molar refractivity (Wildman–Crippen MR) is 87.3 cm³/mol. The summed E-state index contributed by atoms with van der Waals surface area (Å²) in [5.41, 5.74) is -0.620. The summed E-state index contributed by atoms with van der Waals surface area (Å²) in [4.78, 5) is 25.7. The summed E-state index contributed by atoms with van der Waals surface area (Å²) >= 11 is 0. The molecule has 1 heterocycles. The third-order valence-electron chi connectivity index (χ3n) is 4.32. The minimum Gasteiger partial charge on any atom is -0.481 e. The molecule has 0 bridgehead atoms.